The Labute approximate surface area is 123 Å². The van der Waals surface area contributed by atoms with E-state index >= 15 is 0 Å². The van der Waals surface area contributed by atoms with Gasteiger partial charge in [0.1, 0.15) is 6.10 Å². The van der Waals surface area contributed by atoms with E-state index in [1.807, 2.05) is 12.1 Å². The van der Waals surface area contributed by atoms with Gasteiger partial charge in [-0.1, -0.05) is 12.1 Å². The van der Waals surface area contributed by atoms with Crippen molar-refractivity contribution in [3.05, 3.63) is 29.8 Å². The van der Waals surface area contributed by atoms with Gasteiger partial charge in [0.15, 0.2) is 0 Å². The lowest BCUT2D eigenvalue weighted by Crippen LogP contribution is -2.37. The highest BCUT2D eigenvalue weighted by Crippen LogP contribution is 2.31. The Morgan fingerprint density at radius 3 is 1.90 bits per heavy atom. The summed E-state index contributed by atoms with van der Waals surface area (Å²) >= 11 is 0. The van der Waals surface area contributed by atoms with E-state index in [0.717, 1.165) is 12.2 Å². The van der Waals surface area contributed by atoms with Crippen molar-refractivity contribution in [2.75, 3.05) is 32.9 Å². The lowest BCUT2D eigenvalue weighted by atomic mass is 10.2. The molecular formula is C14H17NO5S. The molecule has 21 heavy (non-hydrogen) atoms. The summed E-state index contributed by atoms with van der Waals surface area (Å²) in [7, 11) is -3.50. The van der Waals surface area contributed by atoms with Crippen molar-refractivity contribution in [1.82, 2.24) is 4.31 Å². The van der Waals surface area contributed by atoms with Gasteiger partial charge in [-0.15, -0.1) is 0 Å². The second-order valence-electron chi connectivity index (χ2n) is 5.62. The lowest BCUT2D eigenvalue weighted by Gasteiger charge is -2.20. The molecule has 3 aliphatic rings. The molecule has 0 radical (unpaired) electrons. The zero-order valence-electron chi connectivity index (χ0n) is 11.5. The first-order chi connectivity index (χ1) is 10.1. The fraction of sp³-hybridized carbons (Fsp3) is 0.571. The molecule has 3 fully saturated rings. The van der Waals surface area contributed by atoms with Crippen molar-refractivity contribution in [1.29, 1.82) is 0 Å². The summed E-state index contributed by atoms with van der Waals surface area (Å²) in [6.45, 7) is 2.78. The monoisotopic (exact) mass is 311 g/mol. The number of epoxide rings is 3. The molecule has 0 spiro atoms. The molecule has 6 nitrogen and oxygen atoms in total. The number of nitrogens with zero attached hydrogens (tertiary/aromatic N) is 1. The quantitative estimate of drug-likeness (QED) is 0.687. The minimum absolute atomic E-state index is 0.0256. The molecule has 3 unspecified atom stereocenters. The predicted molar refractivity (Wildman–Crippen MR) is 73.4 cm³/mol. The van der Waals surface area contributed by atoms with E-state index < -0.39 is 10.0 Å². The molecular weight excluding hydrogens is 294 g/mol. The fourth-order valence-corrected chi connectivity index (χ4v) is 3.82. The molecule has 7 heteroatoms. The first-order valence-corrected chi connectivity index (χ1v) is 8.52. The molecule has 3 saturated heterocycles. The van der Waals surface area contributed by atoms with Crippen LogP contribution in [0.1, 0.15) is 11.7 Å². The van der Waals surface area contributed by atoms with Crippen LogP contribution in [-0.2, 0) is 24.2 Å². The van der Waals surface area contributed by atoms with Crippen LogP contribution in [0.15, 0.2) is 29.2 Å². The van der Waals surface area contributed by atoms with Gasteiger partial charge in [0.05, 0.1) is 36.9 Å². The summed E-state index contributed by atoms with van der Waals surface area (Å²) in [6.07, 6.45) is 0.188. The second kappa shape index (κ2) is 5.03. The minimum Gasteiger partial charge on any atom is -0.372 e. The largest absolute Gasteiger partial charge is 0.372 e. The standard InChI is InChI=1S/C14H17NO5S/c16-21(17,13-3-1-10(2-4-13)14-9-20-14)15(5-11-7-18-11)6-12-8-19-12/h1-4,11-12,14H,5-9H2. The average Bonchev–Trinajstić information content (AvgIpc) is 3.33. The first kappa shape index (κ1) is 13.7. The minimum atomic E-state index is -3.50. The van der Waals surface area contributed by atoms with E-state index in [-0.39, 0.29) is 18.3 Å². The van der Waals surface area contributed by atoms with Gasteiger partial charge in [0.2, 0.25) is 10.0 Å². The predicted octanol–water partition coefficient (Wildman–Crippen LogP) is 0.546. The molecule has 1 aromatic carbocycles. The van der Waals surface area contributed by atoms with Crippen molar-refractivity contribution in [2.45, 2.75) is 23.2 Å². The molecule has 3 heterocycles. The number of hydrogen-bond acceptors (Lipinski definition) is 5. The van der Waals surface area contributed by atoms with E-state index in [9.17, 15) is 8.42 Å². The normalized spacial score (nSPS) is 30.4. The summed E-state index contributed by atoms with van der Waals surface area (Å²) in [5.74, 6) is 0. The van der Waals surface area contributed by atoms with Gasteiger partial charge < -0.3 is 14.2 Å². The fourth-order valence-electron chi connectivity index (χ4n) is 2.32. The van der Waals surface area contributed by atoms with E-state index in [1.54, 1.807) is 12.1 Å². The molecule has 0 aliphatic carbocycles. The third-order valence-corrected chi connectivity index (χ3v) is 5.69. The van der Waals surface area contributed by atoms with Crippen LogP contribution in [0.4, 0.5) is 0 Å². The number of benzene rings is 1. The van der Waals surface area contributed by atoms with Crippen molar-refractivity contribution in [3.8, 4) is 0 Å². The van der Waals surface area contributed by atoms with Gasteiger partial charge in [0.25, 0.3) is 0 Å². The van der Waals surface area contributed by atoms with Gasteiger partial charge in [0, 0.05) is 13.1 Å². The van der Waals surface area contributed by atoms with Crippen LogP contribution < -0.4 is 0 Å². The number of ether oxygens (including phenoxy) is 3. The molecule has 4 rings (SSSR count). The molecule has 1 aromatic rings. The summed E-state index contributed by atoms with van der Waals surface area (Å²) in [4.78, 5) is 0.313. The third-order valence-electron chi connectivity index (χ3n) is 3.84. The van der Waals surface area contributed by atoms with Gasteiger partial charge in [-0.2, -0.15) is 4.31 Å². The van der Waals surface area contributed by atoms with Crippen LogP contribution in [0.5, 0.6) is 0 Å². The summed E-state index contributed by atoms with van der Waals surface area (Å²) in [5.41, 5.74) is 1.02. The van der Waals surface area contributed by atoms with Gasteiger partial charge in [-0.3, -0.25) is 0 Å². The topological polar surface area (TPSA) is 75.0 Å². The highest BCUT2D eigenvalue weighted by atomic mass is 32.2. The molecule has 114 valence electrons. The smallest absolute Gasteiger partial charge is 0.243 e. The maximum absolute atomic E-state index is 12.7. The van der Waals surface area contributed by atoms with Crippen molar-refractivity contribution in [2.24, 2.45) is 0 Å². The van der Waals surface area contributed by atoms with Crippen molar-refractivity contribution in [3.63, 3.8) is 0 Å². The Kier molecular flexibility index (Phi) is 3.27. The molecule has 0 saturated carbocycles. The van der Waals surface area contributed by atoms with E-state index in [0.29, 0.717) is 31.2 Å². The molecule has 0 amide bonds. The Bertz CT molecular complexity index is 603. The Morgan fingerprint density at radius 2 is 1.48 bits per heavy atom. The number of sulfonamides is 1. The number of rotatable bonds is 7. The molecule has 3 atom stereocenters. The van der Waals surface area contributed by atoms with Gasteiger partial charge >= 0.3 is 0 Å². The summed E-state index contributed by atoms with van der Waals surface area (Å²) in [6, 6.07) is 6.95. The zero-order chi connectivity index (χ0) is 14.4. The second-order valence-corrected chi connectivity index (χ2v) is 7.56. The molecule has 0 bridgehead atoms. The zero-order valence-corrected chi connectivity index (χ0v) is 12.3. The van der Waals surface area contributed by atoms with E-state index in [2.05, 4.69) is 0 Å². The molecule has 0 N–H and O–H groups in total. The maximum atomic E-state index is 12.7. The summed E-state index contributed by atoms with van der Waals surface area (Å²) < 4.78 is 42.5. The van der Waals surface area contributed by atoms with Crippen LogP contribution in [0, 0.1) is 0 Å². The van der Waals surface area contributed by atoms with E-state index in [1.165, 1.54) is 4.31 Å². The van der Waals surface area contributed by atoms with Crippen molar-refractivity contribution >= 4 is 10.0 Å². The molecule has 0 aromatic heterocycles. The third kappa shape index (κ3) is 3.12. The maximum Gasteiger partial charge on any atom is 0.243 e. The highest BCUT2D eigenvalue weighted by Gasteiger charge is 2.37. The molecule has 3 aliphatic heterocycles. The average molecular weight is 311 g/mol. The van der Waals surface area contributed by atoms with Crippen LogP contribution in [0.3, 0.4) is 0 Å². The van der Waals surface area contributed by atoms with Crippen LogP contribution in [0.25, 0.3) is 0 Å². The first-order valence-electron chi connectivity index (χ1n) is 7.08. The SMILES string of the molecule is O=S(=O)(c1ccc(C2CO2)cc1)N(CC1CO1)CC1CO1. The number of hydrogen-bond donors (Lipinski definition) is 0. The van der Waals surface area contributed by atoms with Crippen LogP contribution in [-0.4, -0.2) is 57.8 Å². The Balaban J connectivity index is 1.55. The van der Waals surface area contributed by atoms with Crippen LogP contribution in [0.2, 0.25) is 0 Å². The van der Waals surface area contributed by atoms with Gasteiger partial charge in [-0.05, 0) is 17.7 Å². The van der Waals surface area contributed by atoms with Gasteiger partial charge in [-0.25, -0.2) is 8.42 Å². The summed E-state index contributed by atoms with van der Waals surface area (Å²) in [5, 5.41) is 0. The highest BCUT2D eigenvalue weighted by molar-refractivity contribution is 7.89. The van der Waals surface area contributed by atoms with E-state index in [4.69, 9.17) is 14.2 Å². The van der Waals surface area contributed by atoms with Crippen LogP contribution >= 0.6 is 0 Å². The lowest BCUT2D eigenvalue weighted by molar-refractivity contribution is 0.304. The Morgan fingerprint density at radius 1 is 0.952 bits per heavy atom. The van der Waals surface area contributed by atoms with Crippen molar-refractivity contribution < 1.29 is 22.6 Å². The Hall–Kier alpha value is -0.990.